The van der Waals surface area contributed by atoms with Gasteiger partial charge in [0.15, 0.2) is 0 Å². The Morgan fingerprint density at radius 3 is 2.67 bits per heavy atom. The van der Waals surface area contributed by atoms with Crippen LogP contribution in [0.25, 0.3) is 0 Å². The van der Waals surface area contributed by atoms with Crippen LogP contribution < -0.4 is 5.32 Å². The second-order valence-corrected chi connectivity index (χ2v) is 7.73. The van der Waals surface area contributed by atoms with E-state index in [1.807, 2.05) is 36.7 Å². The lowest BCUT2D eigenvalue weighted by Crippen LogP contribution is -2.50. The molecule has 2 heterocycles. The molecule has 0 spiro atoms. The van der Waals surface area contributed by atoms with Gasteiger partial charge in [-0.25, -0.2) is 0 Å². The Morgan fingerprint density at radius 2 is 2.00 bits per heavy atom. The van der Waals surface area contributed by atoms with Crippen LogP contribution in [0.15, 0.2) is 47.8 Å². The molecule has 6 nitrogen and oxygen atoms in total. The fourth-order valence-corrected chi connectivity index (χ4v) is 4.12. The largest absolute Gasteiger partial charge is 0.394 e. The number of hydrogen-bond donors (Lipinski definition) is 3. The second kappa shape index (κ2) is 9.43. The lowest BCUT2D eigenvalue weighted by Gasteiger charge is -2.30. The van der Waals surface area contributed by atoms with Gasteiger partial charge in [0.2, 0.25) is 0 Å². The minimum absolute atomic E-state index is 0.152. The maximum atomic E-state index is 12.2. The van der Waals surface area contributed by atoms with Gasteiger partial charge in [-0.05, 0) is 30.5 Å². The van der Waals surface area contributed by atoms with Crippen molar-refractivity contribution in [2.75, 3.05) is 26.7 Å². The van der Waals surface area contributed by atoms with Gasteiger partial charge in [-0.2, -0.15) is 0 Å². The summed E-state index contributed by atoms with van der Waals surface area (Å²) in [4.78, 5) is 14.9. The number of aliphatic hydroxyl groups excluding tert-OH is 2. The maximum Gasteiger partial charge on any atom is 0.261 e. The van der Waals surface area contributed by atoms with Crippen LogP contribution in [-0.4, -0.2) is 72.1 Å². The van der Waals surface area contributed by atoms with Crippen molar-refractivity contribution in [3.05, 3.63) is 58.3 Å². The number of benzene rings is 1. The van der Waals surface area contributed by atoms with E-state index in [1.165, 1.54) is 16.9 Å². The number of carbonyl (C=O) groups is 1. The molecule has 1 amide bonds. The van der Waals surface area contributed by atoms with Gasteiger partial charge in [-0.15, -0.1) is 11.3 Å². The number of nitrogens with one attached hydrogen (secondary N) is 1. The van der Waals surface area contributed by atoms with E-state index in [2.05, 4.69) is 22.3 Å². The zero-order chi connectivity index (χ0) is 19.2. The number of nitrogens with zero attached hydrogens (tertiary/aromatic N) is 1. The number of ether oxygens (including phenoxy) is 1. The summed E-state index contributed by atoms with van der Waals surface area (Å²) in [6.07, 6.45) is -0.988. The maximum absolute atomic E-state index is 12.2. The topological polar surface area (TPSA) is 82.0 Å². The molecule has 1 saturated heterocycles. The molecular weight excluding hydrogens is 364 g/mol. The Morgan fingerprint density at radius 1 is 1.22 bits per heavy atom. The summed E-state index contributed by atoms with van der Waals surface area (Å²) in [5.74, 6) is -0.152. The van der Waals surface area contributed by atoms with Crippen molar-refractivity contribution >= 4 is 17.2 Å². The van der Waals surface area contributed by atoms with Gasteiger partial charge in [0, 0.05) is 13.1 Å². The molecule has 1 aromatic carbocycles. The number of carbonyl (C=O) groups excluding carboxylic acids is 1. The highest BCUT2D eigenvalue weighted by atomic mass is 32.1. The van der Waals surface area contributed by atoms with E-state index in [0.29, 0.717) is 4.88 Å². The van der Waals surface area contributed by atoms with Gasteiger partial charge >= 0.3 is 0 Å². The van der Waals surface area contributed by atoms with Crippen LogP contribution in [0.3, 0.4) is 0 Å². The number of hydrogen-bond acceptors (Lipinski definition) is 6. The number of amides is 1. The zero-order valence-corrected chi connectivity index (χ0v) is 16.1. The Kier molecular flexibility index (Phi) is 6.98. The first-order valence-electron chi connectivity index (χ1n) is 9.10. The Balaban J connectivity index is 1.61. The molecule has 4 atom stereocenters. The molecule has 2 aromatic rings. The van der Waals surface area contributed by atoms with Gasteiger partial charge in [0.05, 0.1) is 23.6 Å². The molecule has 0 saturated carbocycles. The van der Waals surface area contributed by atoms with E-state index in [1.54, 1.807) is 6.07 Å². The van der Waals surface area contributed by atoms with Crippen molar-refractivity contribution in [1.82, 2.24) is 10.2 Å². The predicted molar refractivity (Wildman–Crippen MR) is 105 cm³/mol. The highest BCUT2D eigenvalue weighted by Crippen LogP contribution is 2.25. The van der Waals surface area contributed by atoms with E-state index in [4.69, 9.17) is 4.74 Å². The summed E-state index contributed by atoms with van der Waals surface area (Å²) in [5, 5.41) is 24.8. The van der Waals surface area contributed by atoms with Gasteiger partial charge in [0.1, 0.15) is 12.2 Å². The highest BCUT2D eigenvalue weighted by molar-refractivity contribution is 7.12. The average Bonchev–Trinajstić information content (AvgIpc) is 3.33. The molecule has 7 heteroatoms. The van der Waals surface area contributed by atoms with Gasteiger partial charge in [-0.3, -0.25) is 9.69 Å². The molecule has 0 aliphatic carbocycles. The first kappa shape index (κ1) is 20.0. The third kappa shape index (κ3) is 4.94. The quantitative estimate of drug-likeness (QED) is 0.630. The molecule has 146 valence electrons. The van der Waals surface area contributed by atoms with Crippen LogP contribution in [0, 0.1) is 0 Å². The van der Waals surface area contributed by atoms with Crippen molar-refractivity contribution in [3.63, 3.8) is 0 Å². The minimum Gasteiger partial charge on any atom is -0.394 e. The van der Waals surface area contributed by atoms with Crippen molar-refractivity contribution in [1.29, 1.82) is 0 Å². The SMILES string of the molecule is CN(CCc1ccccc1)C1C(CNC(=O)c2cccs2)OC(CO)C1O. The van der Waals surface area contributed by atoms with E-state index >= 15 is 0 Å². The summed E-state index contributed by atoms with van der Waals surface area (Å²) >= 11 is 1.38. The van der Waals surface area contributed by atoms with Crippen LogP contribution in [0.1, 0.15) is 15.2 Å². The molecule has 3 N–H and O–H groups in total. The lowest BCUT2D eigenvalue weighted by molar-refractivity contribution is -0.0209. The van der Waals surface area contributed by atoms with E-state index in [-0.39, 0.29) is 31.2 Å². The first-order valence-corrected chi connectivity index (χ1v) is 9.98. The van der Waals surface area contributed by atoms with Crippen LogP contribution in [-0.2, 0) is 11.2 Å². The Labute approximate surface area is 163 Å². The van der Waals surface area contributed by atoms with Crippen molar-refractivity contribution < 1.29 is 19.7 Å². The zero-order valence-electron chi connectivity index (χ0n) is 15.3. The summed E-state index contributed by atoms with van der Waals surface area (Å²) in [7, 11) is 1.94. The highest BCUT2D eigenvalue weighted by Gasteiger charge is 2.45. The normalized spacial score (nSPS) is 25.0. The molecule has 4 unspecified atom stereocenters. The van der Waals surface area contributed by atoms with Gasteiger partial charge in [-0.1, -0.05) is 36.4 Å². The summed E-state index contributed by atoms with van der Waals surface area (Å²) in [5.41, 5.74) is 1.22. The Bertz CT molecular complexity index is 710. The first-order chi connectivity index (χ1) is 13.1. The fraction of sp³-hybridized carbons (Fsp3) is 0.450. The molecule has 3 rings (SSSR count). The molecule has 1 fully saturated rings. The summed E-state index contributed by atoms with van der Waals surface area (Å²) < 4.78 is 5.82. The molecule has 0 bridgehead atoms. The van der Waals surface area contributed by atoms with Gasteiger partial charge in [0.25, 0.3) is 5.91 Å². The second-order valence-electron chi connectivity index (χ2n) is 6.78. The van der Waals surface area contributed by atoms with Crippen LogP contribution >= 0.6 is 11.3 Å². The molecule has 0 radical (unpaired) electrons. The smallest absolute Gasteiger partial charge is 0.261 e. The van der Waals surface area contributed by atoms with E-state index in [0.717, 1.165) is 13.0 Å². The summed E-state index contributed by atoms with van der Waals surface area (Å²) in [6.45, 7) is 0.771. The number of likely N-dealkylation sites (N-methyl/N-ethyl adjacent to an activating group) is 1. The van der Waals surface area contributed by atoms with Crippen LogP contribution in [0.5, 0.6) is 0 Å². The van der Waals surface area contributed by atoms with E-state index in [9.17, 15) is 15.0 Å². The standard InChI is InChI=1S/C20H26N2O4S/c1-22(10-9-14-6-3-2-4-7-14)18-15(26-16(13-23)19(18)24)12-21-20(25)17-8-5-11-27-17/h2-8,11,15-16,18-19,23-24H,9-10,12-13H2,1H3,(H,21,25). The van der Waals surface area contributed by atoms with Crippen LogP contribution in [0.2, 0.25) is 0 Å². The monoisotopic (exact) mass is 390 g/mol. The third-order valence-corrected chi connectivity index (χ3v) is 5.82. The molecular formula is C20H26N2O4S. The number of thiophene rings is 1. The van der Waals surface area contributed by atoms with Crippen molar-refractivity contribution in [2.24, 2.45) is 0 Å². The van der Waals surface area contributed by atoms with Crippen molar-refractivity contribution in [3.8, 4) is 0 Å². The molecule has 1 aromatic heterocycles. The third-order valence-electron chi connectivity index (χ3n) is 4.96. The fourth-order valence-electron chi connectivity index (χ4n) is 3.48. The number of aliphatic hydroxyl groups is 2. The predicted octanol–water partition coefficient (Wildman–Crippen LogP) is 1.14. The van der Waals surface area contributed by atoms with Crippen molar-refractivity contribution in [2.45, 2.75) is 30.8 Å². The Hall–Kier alpha value is -1.77. The summed E-state index contributed by atoms with van der Waals surface area (Å²) in [6, 6.07) is 13.5. The lowest BCUT2D eigenvalue weighted by atomic mass is 10.0. The average molecular weight is 391 g/mol. The number of rotatable bonds is 8. The minimum atomic E-state index is -0.806. The van der Waals surface area contributed by atoms with Crippen LogP contribution in [0.4, 0.5) is 0 Å². The van der Waals surface area contributed by atoms with E-state index < -0.39 is 12.2 Å². The van der Waals surface area contributed by atoms with Gasteiger partial charge < -0.3 is 20.3 Å². The molecule has 1 aliphatic heterocycles. The molecule has 1 aliphatic rings. The molecule has 27 heavy (non-hydrogen) atoms.